The summed E-state index contributed by atoms with van der Waals surface area (Å²) in [5.41, 5.74) is 0.892. The lowest BCUT2D eigenvalue weighted by atomic mass is 9.74. The van der Waals surface area contributed by atoms with E-state index >= 15 is 0 Å². The third-order valence-corrected chi connectivity index (χ3v) is 5.47. The Morgan fingerprint density at radius 1 is 1.20 bits per heavy atom. The Labute approximate surface area is 125 Å². The molecule has 1 saturated carbocycles. The van der Waals surface area contributed by atoms with Crippen LogP contribution in [0.4, 0.5) is 0 Å². The van der Waals surface area contributed by atoms with Gasteiger partial charge in [-0.3, -0.25) is 0 Å². The third-order valence-electron chi connectivity index (χ3n) is 5.47. The van der Waals surface area contributed by atoms with E-state index in [0.29, 0.717) is 10.8 Å². The summed E-state index contributed by atoms with van der Waals surface area (Å²) in [5, 5.41) is 3.39. The molecule has 20 heavy (non-hydrogen) atoms. The SMILES string of the molecule is CNCC1(CN(C)C2CCC(C)(C)CC2)CCCOC1. The van der Waals surface area contributed by atoms with E-state index in [1.807, 2.05) is 0 Å². The van der Waals surface area contributed by atoms with Crippen molar-refractivity contribution >= 4 is 0 Å². The number of hydrogen-bond acceptors (Lipinski definition) is 3. The number of rotatable bonds is 5. The molecule has 1 unspecified atom stereocenters. The molecule has 0 spiro atoms. The van der Waals surface area contributed by atoms with Crippen LogP contribution in [-0.2, 0) is 4.74 Å². The molecule has 2 rings (SSSR count). The minimum Gasteiger partial charge on any atom is -0.381 e. The molecular formula is C17H34N2O. The molecule has 3 heteroatoms. The maximum atomic E-state index is 5.79. The monoisotopic (exact) mass is 282 g/mol. The maximum absolute atomic E-state index is 5.79. The Hall–Kier alpha value is -0.120. The summed E-state index contributed by atoms with van der Waals surface area (Å²) in [5.74, 6) is 0. The van der Waals surface area contributed by atoms with E-state index in [0.717, 1.165) is 25.8 Å². The number of hydrogen-bond donors (Lipinski definition) is 1. The zero-order valence-corrected chi connectivity index (χ0v) is 14.0. The van der Waals surface area contributed by atoms with Crippen LogP contribution >= 0.6 is 0 Å². The van der Waals surface area contributed by atoms with E-state index in [-0.39, 0.29) is 0 Å². The highest BCUT2D eigenvalue weighted by Crippen LogP contribution is 2.38. The number of nitrogens with zero attached hydrogens (tertiary/aromatic N) is 1. The summed E-state index contributed by atoms with van der Waals surface area (Å²) in [6.07, 6.45) is 7.98. The Morgan fingerprint density at radius 3 is 2.45 bits per heavy atom. The second kappa shape index (κ2) is 6.76. The van der Waals surface area contributed by atoms with E-state index in [1.165, 1.54) is 45.1 Å². The molecule has 1 aliphatic carbocycles. The average Bonchev–Trinajstić information content (AvgIpc) is 2.39. The zero-order valence-electron chi connectivity index (χ0n) is 14.0. The smallest absolute Gasteiger partial charge is 0.0546 e. The van der Waals surface area contributed by atoms with Crippen LogP contribution in [0.5, 0.6) is 0 Å². The minimum atomic E-state index is 0.328. The van der Waals surface area contributed by atoms with Crippen LogP contribution in [0.2, 0.25) is 0 Å². The summed E-state index contributed by atoms with van der Waals surface area (Å²) < 4.78 is 5.79. The lowest BCUT2D eigenvalue weighted by Crippen LogP contribution is -2.50. The topological polar surface area (TPSA) is 24.5 Å². The first-order valence-corrected chi connectivity index (χ1v) is 8.39. The van der Waals surface area contributed by atoms with Crippen molar-refractivity contribution in [2.45, 2.75) is 58.4 Å². The second-order valence-corrected chi connectivity index (χ2v) is 8.00. The van der Waals surface area contributed by atoms with Crippen LogP contribution < -0.4 is 5.32 Å². The standard InChI is InChI=1S/C17H34N2O/c1-16(2)9-6-15(7-10-16)19(4)13-17(12-18-3)8-5-11-20-14-17/h15,18H,5-14H2,1-4H3. The Bertz CT molecular complexity index is 282. The summed E-state index contributed by atoms with van der Waals surface area (Å²) in [4.78, 5) is 2.63. The molecule has 1 atom stereocenters. The van der Waals surface area contributed by atoms with Crippen LogP contribution in [0, 0.1) is 10.8 Å². The fourth-order valence-corrected chi connectivity index (χ4v) is 4.09. The average molecular weight is 282 g/mol. The highest BCUT2D eigenvalue weighted by atomic mass is 16.5. The van der Waals surface area contributed by atoms with Gasteiger partial charge < -0.3 is 15.0 Å². The fourth-order valence-electron chi connectivity index (χ4n) is 4.09. The normalized spacial score (nSPS) is 31.6. The Kier molecular flexibility index (Phi) is 5.49. The van der Waals surface area contributed by atoms with Gasteiger partial charge >= 0.3 is 0 Å². The van der Waals surface area contributed by atoms with Gasteiger partial charge in [0.1, 0.15) is 0 Å². The summed E-state index contributed by atoms with van der Waals surface area (Å²) in [6.45, 7) is 8.97. The van der Waals surface area contributed by atoms with E-state index in [2.05, 4.69) is 38.2 Å². The summed E-state index contributed by atoms with van der Waals surface area (Å²) in [6, 6.07) is 0.777. The molecule has 3 nitrogen and oxygen atoms in total. The molecule has 0 aromatic heterocycles. The van der Waals surface area contributed by atoms with E-state index in [4.69, 9.17) is 4.74 Å². The van der Waals surface area contributed by atoms with Gasteiger partial charge in [-0.2, -0.15) is 0 Å². The van der Waals surface area contributed by atoms with Crippen molar-refractivity contribution in [3.05, 3.63) is 0 Å². The third kappa shape index (κ3) is 4.19. The van der Waals surface area contributed by atoms with E-state index in [1.54, 1.807) is 0 Å². The first-order valence-electron chi connectivity index (χ1n) is 8.39. The molecule has 2 fully saturated rings. The molecule has 0 bridgehead atoms. The van der Waals surface area contributed by atoms with Crippen molar-refractivity contribution in [2.75, 3.05) is 40.4 Å². The zero-order chi connectivity index (χ0) is 14.6. The lowest BCUT2D eigenvalue weighted by molar-refractivity contribution is -0.0319. The molecule has 118 valence electrons. The Morgan fingerprint density at radius 2 is 1.90 bits per heavy atom. The fraction of sp³-hybridized carbons (Fsp3) is 1.00. The first kappa shape index (κ1) is 16.3. The molecule has 0 amide bonds. The number of ether oxygens (including phenoxy) is 1. The largest absolute Gasteiger partial charge is 0.381 e. The van der Waals surface area contributed by atoms with Gasteiger partial charge in [0.2, 0.25) is 0 Å². The van der Waals surface area contributed by atoms with Crippen molar-refractivity contribution in [2.24, 2.45) is 10.8 Å². The van der Waals surface area contributed by atoms with Gasteiger partial charge in [-0.05, 0) is 58.0 Å². The predicted molar refractivity (Wildman–Crippen MR) is 85.1 cm³/mol. The molecular weight excluding hydrogens is 248 g/mol. The van der Waals surface area contributed by atoms with Crippen molar-refractivity contribution in [3.63, 3.8) is 0 Å². The van der Waals surface area contributed by atoms with Gasteiger partial charge in [-0.1, -0.05) is 13.8 Å². The van der Waals surface area contributed by atoms with Crippen molar-refractivity contribution in [3.8, 4) is 0 Å². The molecule has 0 aromatic rings. The molecule has 1 heterocycles. The van der Waals surface area contributed by atoms with Crippen LogP contribution in [0.25, 0.3) is 0 Å². The van der Waals surface area contributed by atoms with Crippen molar-refractivity contribution in [1.29, 1.82) is 0 Å². The number of nitrogens with one attached hydrogen (secondary N) is 1. The first-order chi connectivity index (χ1) is 9.46. The molecule has 0 aromatic carbocycles. The summed E-state index contributed by atoms with van der Waals surface area (Å²) >= 11 is 0. The summed E-state index contributed by atoms with van der Waals surface area (Å²) in [7, 11) is 4.40. The second-order valence-electron chi connectivity index (χ2n) is 8.00. The van der Waals surface area contributed by atoms with Crippen molar-refractivity contribution in [1.82, 2.24) is 10.2 Å². The molecule has 1 saturated heterocycles. The van der Waals surface area contributed by atoms with Gasteiger partial charge in [-0.25, -0.2) is 0 Å². The van der Waals surface area contributed by atoms with Gasteiger partial charge in [0, 0.05) is 31.2 Å². The Balaban J connectivity index is 1.89. The van der Waals surface area contributed by atoms with E-state index in [9.17, 15) is 0 Å². The van der Waals surface area contributed by atoms with Gasteiger partial charge in [-0.15, -0.1) is 0 Å². The molecule has 1 aliphatic heterocycles. The van der Waals surface area contributed by atoms with Gasteiger partial charge in [0.15, 0.2) is 0 Å². The minimum absolute atomic E-state index is 0.328. The van der Waals surface area contributed by atoms with Crippen LogP contribution in [0.1, 0.15) is 52.4 Å². The van der Waals surface area contributed by atoms with Gasteiger partial charge in [0.05, 0.1) is 6.61 Å². The quantitative estimate of drug-likeness (QED) is 0.839. The van der Waals surface area contributed by atoms with Crippen LogP contribution in [0.3, 0.4) is 0 Å². The molecule has 1 N–H and O–H groups in total. The molecule has 2 aliphatic rings. The maximum Gasteiger partial charge on any atom is 0.0546 e. The van der Waals surface area contributed by atoms with E-state index < -0.39 is 0 Å². The van der Waals surface area contributed by atoms with Crippen LogP contribution in [0.15, 0.2) is 0 Å². The van der Waals surface area contributed by atoms with Crippen LogP contribution in [-0.4, -0.2) is 51.3 Å². The highest BCUT2D eigenvalue weighted by Gasteiger charge is 2.36. The lowest BCUT2D eigenvalue weighted by Gasteiger charge is -2.44. The van der Waals surface area contributed by atoms with Crippen molar-refractivity contribution < 1.29 is 4.74 Å². The van der Waals surface area contributed by atoms with Gasteiger partial charge in [0.25, 0.3) is 0 Å². The predicted octanol–water partition coefficient (Wildman–Crippen LogP) is 2.90. The molecule has 0 radical (unpaired) electrons. The highest BCUT2D eigenvalue weighted by molar-refractivity contribution is 4.90.